The zero-order chi connectivity index (χ0) is 53.5. The van der Waals surface area contributed by atoms with E-state index in [0.29, 0.717) is 81.4 Å². The fraction of sp³-hybridized carbons (Fsp3) is 0.323. The number of benzene rings is 4. The Morgan fingerprint density at radius 3 is 1.22 bits per heavy atom. The molecule has 384 valence electrons. The summed E-state index contributed by atoms with van der Waals surface area (Å²) in [5.41, 5.74) is 4.99. The van der Waals surface area contributed by atoms with Crippen LogP contribution in [0, 0.1) is 10.8 Å². The third-order valence-electron chi connectivity index (χ3n) is 14.8. The van der Waals surface area contributed by atoms with E-state index in [9.17, 15) is 19.2 Å². The number of aromatic nitrogens is 2. The van der Waals surface area contributed by atoms with Crippen LogP contribution in [0.2, 0.25) is 20.1 Å². The number of ketones is 2. The molecule has 0 saturated carbocycles. The van der Waals surface area contributed by atoms with Crippen LogP contribution < -0.4 is 0 Å². The molecule has 2 amide bonds. The number of piperidine rings is 2. The first-order valence-corrected chi connectivity index (χ1v) is 26.7. The van der Waals surface area contributed by atoms with Crippen molar-refractivity contribution in [3.63, 3.8) is 0 Å². The van der Waals surface area contributed by atoms with E-state index in [4.69, 9.17) is 56.4 Å². The maximum atomic E-state index is 14.5. The number of allylic oxidation sites excluding steroid dienone is 2. The summed E-state index contributed by atoms with van der Waals surface area (Å²) in [6, 6.07) is 40.9. The molecule has 2 aliphatic heterocycles. The van der Waals surface area contributed by atoms with Gasteiger partial charge in [0.2, 0.25) is 11.8 Å². The molecule has 12 heteroatoms. The van der Waals surface area contributed by atoms with Crippen LogP contribution in [0.1, 0.15) is 171 Å². The summed E-state index contributed by atoms with van der Waals surface area (Å²) in [5, 5.41) is 2.58. The van der Waals surface area contributed by atoms with Gasteiger partial charge in [-0.1, -0.05) is 147 Å². The fourth-order valence-electron chi connectivity index (χ4n) is 11.2. The molecule has 0 N–H and O–H groups in total. The van der Waals surface area contributed by atoms with Gasteiger partial charge in [-0.25, -0.2) is 9.97 Å². The van der Waals surface area contributed by atoms with Crippen LogP contribution in [-0.4, -0.2) is 43.1 Å². The molecule has 0 spiro atoms. The molecule has 2 saturated heterocycles. The van der Waals surface area contributed by atoms with Gasteiger partial charge in [0.15, 0.2) is 11.6 Å². The highest BCUT2D eigenvalue weighted by molar-refractivity contribution is 6.31. The first-order chi connectivity index (χ1) is 35.4. The van der Waals surface area contributed by atoms with Gasteiger partial charge in [0.25, 0.3) is 0 Å². The first-order valence-electron chi connectivity index (χ1n) is 25.2. The van der Waals surface area contributed by atoms with Crippen LogP contribution in [0.3, 0.4) is 0 Å². The highest BCUT2D eigenvalue weighted by Gasteiger charge is 2.53. The van der Waals surface area contributed by atoms with Gasteiger partial charge in [0, 0.05) is 45.8 Å². The van der Waals surface area contributed by atoms with Crippen molar-refractivity contribution < 1.29 is 19.2 Å². The lowest BCUT2D eigenvalue weighted by atomic mass is 9.67. The van der Waals surface area contributed by atoms with E-state index in [1.165, 1.54) is 13.8 Å². The zero-order valence-electron chi connectivity index (χ0n) is 42.9. The molecule has 0 unspecified atom stereocenters. The monoisotopic (exact) mass is 1070 g/mol. The normalized spacial score (nSPS) is 22.5. The lowest BCUT2D eigenvalue weighted by Gasteiger charge is -2.52. The Balaban J connectivity index is 0.000000216. The molecule has 6 aromatic rings. The van der Waals surface area contributed by atoms with Crippen molar-refractivity contribution in [3.8, 4) is 0 Å². The molecule has 0 radical (unpaired) electrons. The van der Waals surface area contributed by atoms with Crippen molar-refractivity contribution in [2.45, 2.75) is 116 Å². The van der Waals surface area contributed by atoms with Gasteiger partial charge in [-0.3, -0.25) is 19.2 Å². The maximum absolute atomic E-state index is 14.5. The minimum absolute atomic E-state index is 0.0347. The molecule has 4 aromatic carbocycles. The van der Waals surface area contributed by atoms with Crippen LogP contribution in [0.25, 0.3) is 0 Å². The van der Waals surface area contributed by atoms with E-state index in [0.717, 1.165) is 22.3 Å². The lowest BCUT2D eigenvalue weighted by molar-refractivity contribution is -0.155. The molecule has 0 aliphatic carbocycles. The van der Waals surface area contributed by atoms with Crippen molar-refractivity contribution in [1.82, 2.24) is 19.8 Å². The Morgan fingerprint density at radius 2 is 0.905 bits per heavy atom. The number of halogens is 4. The van der Waals surface area contributed by atoms with Crippen LogP contribution in [0.4, 0.5) is 0 Å². The summed E-state index contributed by atoms with van der Waals surface area (Å²) >= 11 is 25.4. The highest BCUT2D eigenvalue weighted by atomic mass is 35.5. The van der Waals surface area contributed by atoms with Crippen molar-refractivity contribution in [2.24, 2.45) is 10.8 Å². The van der Waals surface area contributed by atoms with Gasteiger partial charge in [0.1, 0.15) is 11.4 Å². The van der Waals surface area contributed by atoms with Crippen LogP contribution in [0.15, 0.2) is 159 Å². The molecule has 8 nitrogen and oxygen atoms in total. The van der Waals surface area contributed by atoms with Gasteiger partial charge in [-0.15, -0.1) is 13.2 Å². The van der Waals surface area contributed by atoms with Gasteiger partial charge in [0.05, 0.1) is 46.4 Å². The number of hydrogen-bond donors (Lipinski definition) is 0. The summed E-state index contributed by atoms with van der Waals surface area (Å²) in [4.78, 5) is 66.6. The average molecular weight is 1070 g/mol. The van der Waals surface area contributed by atoms with Crippen LogP contribution in [0.5, 0.6) is 0 Å². The molecule has 4 heterocycles. The number of carbonyl (C=O) groups excluding carboxylic acids is 4. The Kier molecular flexibility index (Phi) is 18.3. The zero-order valence-corrected chi connectivity index (χ0v) is 45.9. The number of rotatable bonds is 16. The Bertz CT molecular complexity index is 2820. The molecule has 8 atom stereocenters. The summed E-state index contributed by atoms with van der Waals surface area (Å²) < 4.78 is 0. The number of carbonyl (C=O) groups is 4. The van der Waals surface area contributed by atoms with Crippen molar-refractivity contribution in [2.75, 3.05) is 0 Å². The fourth-order valence-corrected chi connectivity index (χ4v) is 11.9. The van der Waals surface area contributed by atoms with Gasteiger partial charge in [-0.2, -0.15) is 0 Å². The van der Waals surface area contributed by atoms with Crippen molar-refractivity contribution >= 4 is 69.8 Å². The second kappa shape index (κ2) is 24.2. The van der Waals surface area contributed by atoms with E-state index >= 15 is 0 Å². The lowest BCUT2D eigenvalue weighted by Crippen LogP contribution is -2.53. The molecule has 0 bridgehead atoms. The number of nitrogens with zero attached hydrogens (tertiary/aromatic N) is 4. The molecular formula is C62H64Cl4N4O4. The van der Waals surface area contributed by atoms with Crippen molar-refractivity contribution in [3.05, 3.63) is 224 Å². The van der Waals surface area contributed by atoms with Crippen LogP contribution in [-0.2, 0) is 9.59 Å². The Morgan fingerprint density at radius 1 is 0.554 bits per heavy atom. The average Bonchev–Trinajstić information content (AvgIpc) is 3.38. The van der Waals surface area contributed by atoms with E-state index in [1.54, 1.807) is 12.1 Å². The summed E-state index contributed by atoms with van der Waals surface area (Å²) in [7, 11) is 0. The Labute approximate surface area is 456 Å². The van der Waals surface area contributed by atoms with Crippen molar-refractivity contribution in [1.29, 1.82) is 0 Å². The van der Waals surface area contributed by atoms with E-state index in [-0.39, 0.29) is 59.4 Å². The van der Waals surface area contributed by atoms with Gasteiger partial charge in [-0.05, 0) is 134 Å². The number of hydrogen-bond acceptors (Lipinski definition) is 6. The summed E-state index contributed by atoms with van der Waals surface area (Å²) in [6.45, 7) is 19.1. The molecule has 2 aliphatic rings. The number of amides is 2. The predicted molar refractivity (Wildman–Crippen MR) is 300 cm³/mol. The third kappa shape index (κ3) is 12.1. The van der Waals surface area contributed by atoms with Gasteiger partial charge >= 0.3 is 0 Å². The van der Waals surface area contributed by atoms with E-state index in [2.05, 4.69) is 25.3 Å². The standard InChI is InChI=1S/2C31H32Cl2N2O2/c2*1-5-17-31(4)19-25(22-9-7-10-24(33)18-22)29(21-13-15-23(32)16-14-21)35(30(31)37)28(6-2)27-12-8-11-26(34-27)20(3)36/h2*5,7-16,18,25,28-29H,1,6,17,19H2,2-4H3/t25-,28+,29-,31+;25-,28-,29-,31+/m11/s1. The van der Waals surface area contributed by atoms with Crippen LogP contribution >= 0.6 is 46.4 Å². The first kappa shape index (κ1) is 55.8. The Hall–Kier alpha value is -5.90. The minimum Gasteiger partial charge on any atom is -0.326 e. The van der Waals surface area contributed by atoms with Gasteiger partial charge < -0.3 is 9.80 Å². The number of pyridine rings is 2. The minimum atomic E-state index is -0.663. The quantitative estimate of drug-likeness (QED) is 0.0707. The molecule has 8 rings (SSSR count). The smallest absolute Gasteiger partial charge is 0.229 e. The largest absolute Gasteiger partial charge is 0.326 e. The molecular weight excluding hydrogens is 1010 g/mol. The second-order valence-corrected chi connectivity index (χ2v) is 21.9. The topological polar surface area (TPSA) is 101 Å². The highest BCUT2D eigenvalue weighted by Crippen LogP contribution is 2.56. The number of likely N-dealkylation sites (tertiary alicyclic amines) is 2. The molecule has 2 fully saturated rings. The number of Topliss-reactive ketones (excluding diaryl/α,β-unsaturated/α-hetero) is 2. The summed E-state index contributed by atoms with van der Waals surface area (Å²) in [5.74, 6) is -0.186. The van der Waals surface area contributed by atoms with E-state index < -0.39 is 10.8 Å². The SMILES string of the molecule is C=CC[C@@]1(C)C[C@H](c2cccc(Cl)c2)[C@@H](c2ccc(Cl)cc2)N([C@@H](CC)c2cccc(C(C)=O)n2)C1=O.C=CC[C@@]1(C)C[C@H](c2cccc(Cl)c2)[C@@H](c2ccc(Cl)cc2)N([C@H](CC)c2cccc(C(C)=O)n2)C1=O. The second-order valence-electron chi connectivity index (χ2n) is 20.1. The maximum Gasteiger partial charge on any atom is 0.229 e. The molecule has 74 heavy (non-hydrogen) atoms. The third-order valence-corrected chi connectivity index (χ3v) is 15.7. The summed E-state index contributed by atoms with van der Waals surface area (Å²) in [6.07, 6.45) is 7.28. The van der Waals surface area contributed by atoms with E-state index in [1.807, 2.05) is 159 Å². The molecule has 2 aromatic heterocycles. The predicted octanol–water partition coefficient (Wildman–Crippen LogP) is 16.8.